The minimum atomic E-state index is -3.54. The maximum atomic E-state index is 12.2. The number of anilines is 1. The van der Waals surface area contributed by atoms with E-state index in [1.54, 1.807) is 12.1 Å². The Morgan fingerprint density at radius 3 is 2.29 bits per heavy atom. The second-order valence-electron chi connectivity index (χ2n) is 5.59. The minimum absolute atomic E-state index is 0.201. The first-order valence-electron chi connectivity index (χ1n) is 8.08. The summed E-state index contributed by atoms with van der Waals surface area (Å²) in [7, 11) is -3.54. The van der Waals surface area contributed by atoms with Crippen molar-refractivity contribution >= 4 is 15.7 Å². The largest absolute Gasteiger partial charge is 0.494 e. The van der Waals surface area contributed by atoms with E-state index in [2.05, 4.69) is 11.6 Å². The summed E-state index contributed by atoms with van der Waals surface area (Å²) in [6.45, 7) is 3.08. The van der Waals surface area contributed by atoms with Gasteiger partial charge in [-0.15, -0.1) is 0 Å². The smallest absolute Gasteiger partial charge is 0.240 e. The van der Waals surface area contributed by atoms with Crippen LogP contribution in [0.3, 0.4) is 0 Å². The van der Waals surface area contributed by atoms with Gasteiger partial charge in [0.05, 0.1) is 11.5 Å². The molecule has 0 saturated heterocycles. The molecule has 0 aliphatic rings. The first kappa shape index (κ1) is 18.3. The van der Waals surface area contributed by atoms with Crippen molar-refractivity contribution in [3.63, 3.8) is 0 Å². The third-order valence-electron chi connectivity index (χ3n) is 3.60. The van der Waals surface area contributed by atoms with Crippen molar-refractivity contribution in [2.75, 3.05) is 12.3 Å². The molecule has 0 spiro atoms. The molecule has 2 aromatic carbocycles. The van der Waals surface area contributed by atoms with Gasteiger partial charge in [-0.1, -0.05) is 31.9 Å². The lowest BCUT2D eigenvalue weighted by molar-refractivity contribution is 0.306. The maximum absolute atomic E-state index is 12.2. The standard InChI is InChI=1S/C18H24N2O3S/c1-2-3-4-13-23-17-9-5-15(6-10-17)14-20-24(21,22)18-11-7-16(19)8-12-18/h5-12,20H,2-4,13-14,19H2,1H3. The van der Waals surface area contributed by atoms with Gasteiger partial charge in [0.15, 0.2) is 0 Å². The van der Waals surface area contributed by atoms with E-state index < -0.39 is 10.0 Å². The Bertz CT molecular complexity index is 726. The van der Waals surface area contributed by atoms with Crippen LogP contribution in [0.2, 0.25) is 0 Å². The van der Waals surface area contributed by atoms with Crippen molar-refractivity contribution in [3.8, 4) is 5.75 Å². The van der Waals surface area contributed by atoms with Crippen LogP contribution in [0.15, 0.2) is 53.4 Å². The van der Waals surface area contributed by atoms with Gasteiger partial charge in [0.2, 0.25) is 10.0 Å². The molecule has 0 aromatic heterocycles. The number of sulfonamides is 1. The number of nitrogens with one attached hydrogen (secondary N) is 1. The quantitative estimate of drug-likeness (QED) is 0.538. The lowest BCUT2D eigenvalue weighted by Crippen LogP contribution is -2.23. The molecule has 0 atom stereocenters. The summed E-state index contributed by atoms with van der Waals surface area (Å²) in [5, 5.41) is 0. The highest BCUT2D eigenvalue weighted by Crippen LogP contribution is 2.15. The molecule has 3 N–H and O–H groups in total. The van der Waals surface area contributed by atoms with E-state index in [9.17, 15) is 8.42 Å². The molecule has 2 rings (SSSR count). The van der Waals surface area contributed by atoms with E-state index in [0.29, 0.717) is 12.3 Å². The normalized spacial score (nSPS) is 11.4. The van der Waals surface area contributed by atoms with Gasteiger partial charge in [0, 0.05) is 12.2 Å². The van der Waals surface area contributed by atoms with Crippen LogP contribution in [-0.2, 0) is 16.6 Å². The zero-order valence-electron chi connectivity index (χ0n) is 13.9. The number of rotatable bonds is 9. The molecular weight excluding hydrogens is 324 g/mol. The van der Waals surface area contributed by atoms with Crippen LogP contribution in [0.25, 0.3) is 0 Å². The highest BCUT2D eigenvalue weighted by atomic mass is 32.2. The van der Waals surface area contributed by atoms with Gasteiger partial charge >= 0.3 is 0 Å². The van der Waals surface area contributed by atoms with Crippen molar-refractivity contribution in [2.45, 2.75) is 37.6 Å². The molecule has 6 heteroatoms. The van der Waals surface area contributed by atoms with Gasteiger partial charge in [-0.2, -0.15) is 0 Å². The zero-order chi connectivity index (χ0) is 17.4. The molecule has 130 valence electrons. The number of nitrogen functional groups attached to an aromatic ring is 1. The monoisotopic (exact) mass is 348 g/mol. The molecule has 5 nitrogen and oxygen atoms in total. The lowest BCUT2D eigenvalue weighted by Gasteiger charge is -2.09. The van der Waals surface area contributed by atoms with E-state index in [4.69, 9.17) is 10.5 Å². The summed E-state index contributed by atoms with van der Waals surface area (Å²) in [6, 6.07) is 13.6. The second-order valence-corrected chi connectivity index (χ2v) is 7.36. The number of hydrogen-bond acceptors (Lipinski definition) is 4. The van der Waals surface area contributed by atoms with Gasteiger partial charge in [-0.25, -0.2) is 13.1 Å². The third-order valence-corrected chi connectivity index (χ3v) is 5.01. The highest BCUT2D eigenvalue weighted by molar-refractivity contribution is 7.89. The van der Waals surface area contributed by atoms with Gasteiger partial charge in [-0.05, 0) is 48.4 Å². The van der Waals surface area contributed by atoms with Crippen molar-refractivity contribution < 1.29 is 13.2 Å². The Balaban J connectivity index is 1.88. The summed E-state index contributed by atoms with van der Waals surface area (Å²) in [6.07, 6.45) is 3.36. The first-order chi connectivity index (χ1) is 11.5. The molecule has 2 aromatic rings. The molecule has 0 saturated carbocycles. The number of hydrogen-bond donors (Lipinski definition) is 2. The fraction of sp³-hybridized carbons (Fsp3) is 0.333. The highest BCUT2D eigenvalue weighted by Gasteiger charge is 2.13. The average molecular weight is 348 g/mol. The molecule has 0 amide bonds. The van der Waals surface area contributed by atoms with Gasteiger partial charge in [-0.3, -0.25) is 0 Å². The van der Waals surface area contributed by atoms with Crippen LogP contribution in [0.5, 0.6) is 5.75 Å². The van der Waals surface area contributed by atoms with E-state index >= 15 is 0 Å². The number of benzene rings is 2. The molecule has 0 aliphatic carbocycles. The second kappa shape index (κ2) is 8.70. The molecule has 24 heavy (non-hydrogen) atoms. The number of ether oxygens (including phenoxy) is 1. The average Bonchev–Trinajstić information content (AvgIpc) is 2.58. The van der Waals surface area contributed by atoms with Crippen LogP contribution in [0.4, 0.5) is 5.69 Å². The summed E-state index contributed by atoms with van der Waals surface area (Å²) in [5.74, 6) is 0.802. The van der Waals surface area contributed by atoms with E-state index in [-0.39, 0.29) is 11.4 Å². The predicted molar refractivity (Wildman–Crippen MR) is 96.3 cm³/mol. The van der Waals surface area contributed by atoms with Gasteiger partial charge in [0.1, 0.15) is 5.75 Å². The van der Waals surface area contributed by atoms with Crippen LogP contribution in [0.1, 0.15) is 31.7 Å². The van der Waals surface area contributed by atoms with Crippen molar-refractivity contribution in [2.24, 2.45) is 0 Å². The van der Waals surface area contributed by atoms with E-state index in [0.717, 1.165) is 30.6 Å². The zero-order valence-corrected chi connectivity index (χ0v) is 14.7. The lowest BCUT2D eigenvalue weighted by atomic mass is 10.2. The maximum Gasteiger partial charge on any atom is 0.240 e. The Kier molecular flexibility index (Phi) is 6.63. The summed E-state index contributed by atoms with van der Waals surface area (Å²) < 4.78 is 32.6. The molecule has 0 heterocycles. The molecule has 0 aliphatic heterocycles. The van der Waals surface area contributed by atoms with E-state index in [1.165, 1.54) is 12.1 Å². The van der Waals surface area contributed by atoms with Crippen LogP contribution in [-0.4, -0.2) is 15.0 Å². The van der Waals surface area contributed by atoms with Gasteiger partial charge in [0.25, 0.3) is 0 Å². The van der Waals surface area contributed by atoms with Crippen LogP contribution < -0.4 is 15.2 Å². The van der Waals surface area contributed by atoms with Crippen LogP contribution in [0, 0.1) is 0 Å². The van der Waals surface area contributed by atoms with Crippen molar-refractivity contribution in [1.82, 2.24) is 4.72 Å². The molecule has 0 unspecified atom stereocenters. The van der Waals surface area contributed by atoms with Crippen molar-refractivity contribution in [1.29, 1.82) is 0 Å². The Morgan fingerprint density at radius 1 is 1.00 bits per heavy atom. The summed E-state index contributed by atoms with van der Waals surface area (Å²) in [5.41, 5.74) is 6.97. The minimum Gasteiger partial charge on any atom is -0.494 e. The fourth-order valence-electron chi connectivity index (χ4n) is 2.15. The molecule has 0 fully saturated rings. The molecule has 0 bridgehead atoms. The predicted octanol–water partition coefficient (Wildman–Crippen LogP) is 3.32. The summed E-state index contributed by atoms with van der Waals surface area (Å²) >= 11 is 0. The summed E-state index contributed by atoms with van der Waals surface area (Å²) in [4.78, 5) is 0.201. The number of nitrogens with two attached hydrogens (primary N) is 1. The Morgan fingerprint density at radius 2 is 1.67 bits per heavy atom. The Hall–Kier alpha value is -2.05. The van der Waals surface area contributed by atoms with E-state index in [1.807, 2.05) is 24.3 Å². The van der Waals surface area contributed by atoms with Gasteiger partial charge < -0.3 is 10.5 Å². The number of unbranched alkanes of at least 4 members (excludes halogenated alkanes) is 2. The van der Waals surface area contributed by atoms with Crippen LogP contribution >= 0.6 is 0 Å². The first-order valence-corrected chi connectivity index (χ1v) is 9.56. The Labute approximate surface area is 143 Å². The fourth-order valence-corrected chi connectivity index (χ4v) is 3.17. The molecule has 0 radical (unpaired) electrons. The SMILES string of the molecule is CCCCCOc1ccc(CNS(=O)(=O)c2ccc(N)cc2)cc1. The molecular formula is C18H24N2O3S. The topological polar surface area (TPSA) is 81.4 Å². The third kappa shape index (κ3) is 5.54. The van der Waals surface area contributed by atoms with Crippen molar-refractivity contribution in [3.05, 3.63) is 54.1 Å².